The molecule has 0 spiro atoms. The van der Waals surface area contributed by atoms with Crippen LogP contribution in [0.5, 0.6) is 0 Å². The molecule has 1 aromatic carbocycles. The van der Waals surface area contributed by atoms with E-state index in [0.717, 1.165) is 26.1 Å². The molecule has 2 aliphatic rings. The molecular formula is C21H31F3N4O. The molecule has 8 heteroatoms. The molecule has 1 aromatic rings. The molecule has 29 heavy (non-hydrogen) atoms. The molecule has 2 fully saturated rings. The van der Waals surface area contributed by atoms with Crippen molar-refractivity contribution in [2.24, 2.45) is 4.99 Å². The van der Waals surface area contributed by atoms with Gasteiger partial charge in [-0.2, -0.15) is 13.2 Å². The van der Waals surface area contributed by atoms with Crippen molar-refractivity contribution in [1.82, 2.24) is 15.5 Å². The molecule has 0 saturated carbocycles. The molecule has 0 amide bonds. The highest BCUT2D eigenvalue weighted by molar-refractivity contribution is 5.80. The summed E-state index contributed by atoms with van der Waals surface area (Å²) < 4.78 is 43.5. The number of halogens is 3. The first-order valence-corrected chi connectivity index (χ1v) is 10.2. The molecule has 0 bridgehead atoms. The van der Waals surface area contributed by atoms with E-state index in [-0.39, 0.29) is 11.5 Å². The fourth-order valence-electron chi connectivity index (χ4n) is 4.46. The van der Waals surface area contributed by atoms with Crippen LogP contribution in [0.25, 0.3) is 0 Å². The van der Waals surface area contributed by atoms with Crippen molar-refractivity contribution in [3.8, 4) is 0 Å². The maximum absolute atomic E-state index is 12.6. The van der Waals surface area contributed by atoms with E-state index in [9.17, 15) is 13.2 Å². The highest BCUT2D eigenvalue weighted by Gasteiger charge is 2.37. The summed E-state index contributed by atoms with van der Waals surface area (Å²) in [5, 5.41) is 6.74. The SMILES string of the molecule is CN=C(NCC1(c2ccccc2C)CCOCC1)NC1CCN(CC(F)(F)F)C1. The zero-order valence-electron chi connectivity index (χ0n) is 17.2. The summed E-state index contributed by atoms with van der Waals surface area (Å²) in [6.45, 7) is 4.24. The summed E-state index contributed by atoms with van der Waals surface area (Å²) in [7, 11) is 1.70. The third kappa shape index (κ3) is 5.85. The maximum atomic E-state index is 12.6. The minimum atomic E-state index is -4.15. The van der Waals surface area contributed by atoms with Crippen LogP contribution in [0.1, 0.15) is 30.4 Å². The third-order valence-corrected chi connectivity index (χ3v) is 6.00. The second kappa shape index (κ2) is 9.34. The van der Waals surface area contributed by atoms with Crippen molar-refractivity contribution < 1.29 is 17.9 Å². The number of aliphatic imine (C=N–C) groups is 1. The Morgan fingerprint density at radius 2 is 2.00 bits per heavy atom. The predicted molar refractivity (Wildman–Crippen MR) is 108 cm³/mol. The van der Waals surface area contributed by atoms with Gasteiger partial charge in [0.25, 0.3) is 0 Å². The summed E-state index contributed by atoms with van der Waals surface area (Å²) >= 11 is 0. The molecular weight excluding hydrogens is 381 g/mol. The van der Waals surface area contributed by atoms with Crippen molar-refractivity contribution in [2.45, 2.75) is 43.8 Å². The van der Waals surface area contributed by atoms with Gasteiger partial charge in [0.05, 0.1) is 6.54 Å². The number of aryl methyl sites for hydroxylation is 1. The first-order chi connectivity index (χ1) is 13.8. The van der Waals surface area contributed by atoms with Gasteiger partial charge < -0.3 is 15.4 Å². The third-order valence-electron chi connectivity index (χ3n) is 6.00. The van der Waals surface area contributed by atoms with Gasteiger partial charge in [0, 0.05) is 51.4 Å². The molecule has 1 unspecified atom stereocenters. The largest absolute Gasteiger partial charge is 0.401 e. The van der Waals surface area contributed by atoms with Gasteiger partial charge in [-0.25, -0.2) is 0 Å². The highest BCUT2D eigenvalue weighted by atomic mass is 19.4. The molecule has 3 rings (SSSR count). The van der Waals surface area contributed by atoms with E-state index in [0.29, 0.717) is 32.0 Å². The zero-order valence-corrected chi connectivity index (χ0v) is 17.2. The number of rotatable bonds is 5. The zero-order chi connectivity index (χ0) is 20.9. The Morgan fingerprint density at radius 1 is 1.28 bits per heavy atom. The predicted octanol–water partition coefficient (Wildman–Crippen LogP) is 2.84. The number of ether oxygens (including phenoxy) is 1. The maximum Gasteiger partial charge on any atom is 0.401 e. The summed E-state index contributed by atoms with van der Waals surface area (Å²) in [5.41, 5.74) is 2.54. The summed E-state index contributed by atoms with van der Waals surface area (Å²) in [6, 6.07) is 8.40. The second-order valence-electron chi connectivity index (χ2n) is 8.11. The van der Waals surface area contributed by atoms with Gasteiger partial charge in [0.2, 0.25) is 0 Å². The molecule has 1 atom stereocenters. The van der Waals surface area contributed by atoms with Crippen LogP contribution in [0.15, 0.2) is 29.3 Å². The van der Waals surface area contributed by atoms with Gasteiger partial charge in [-0.15, -0.1) is 0 Å². The Kier molecular flexibility index (Phi) is 7.05. The Hall–Kier alpha value is -1.80. The number of benzene rings is 1. The molecule has 162 valence electrons. The van der Waals surface area contributed by atoms with Crippen LogP contribution in [0, 0.1) is 6.92 Å². The average Bonchev–Trinajstić information content (AvgIpc) is 3.11. The van der Waals surface area contributed by atoms with Crippen LogP contribution >= 0.6 is 0 Å². The first-order valence-electron chi connectivity index (χ1n) is 10.2. The van der Waals surface area contributed by atoms with Crippen molar-refractivity contribution in [3.63, 3.8) is 0 Å². The van der Waals surface area contributed by atoms with Gasteiger partial charge in [-0.05, 0) is 37.3 Å². The molecule has 0 aliphatic carbocycles. The van der Waals surface area contributed by atoms with E-state index in [2.05, 4.69) is 40.7 Å². The van der Waals surface area contributed by atoms with Gasteiger partial charge >= 0.3 is 6.18 Å². The van der Waals surface area contributed by atoms with Crippen LogP contribution in [0.3, 0.4) is 0 Å². The molecule has 2 N–H and O–H groups in total. The number of hydrogen-bond acceptors (Lipinski definition) is 3. The summed E-state index contributed by atoms with van der Waals surface area (Å²) in [5.74, 6) is 0.642. The fraction of sp³-hybridized carbons (Fsp3) is 0.667. The van der Waals surface area contributed by atoms with Crippen LogP contribution in [0.4, 0.5) is 13.2 Å². The lowest BCUT2D eigenvalue weighted by atomic mass is 9.72. The van der Waals surface area contributed by atoms with Crippen LogP contribution in [0.2, 0.25) is 0 Å². The van der Waals surface area contributed by atoms with Crippen molar-refractivity contribution in [3.05, 3.63) is 35.4 Å². The second-order valence-corrected chi connectivity index (χ2v) is 8.11. The van der Waals surface area contributed by atoms with Crippen LogP contribution in [-0.2, 0) is 10.2 Å². The van der Waals surface area contributed by atoms with E-state index in [1.54, 1.807) is 7.05 Å². The van der Waals surface area contributed by atoms with Crippen molar-refractivity contribution in [2.75, 3.05) is 46.4 Å². The number of nitrogens with one attached hydrogen (secondary N) is 2. The number of guanidine groups is 1. The van der Waals surface area contributed by atoms with Crippen LogP contribution < -0.4 is 10.6 Å². The number of hydrogen-bond donors (Lipinski definition) is 2. The summed E-state index contributed by atoms with van der Waals surface area (Å²) in [4.78, 5) is 5.75. The molecule has 0 aromatic heterocycles. The average molecular weight is 413 g/mol. The Bertz CT molecular complexity index is 701. The highest BCUT2D eigenvalue weighted by Crippen LogP contribution is 2.36. The molecule has 2 aliphatic heterocycles. The van der Waals surface area contributed by atoms with Crippen molar-refractivity contribution in [1.29, 1.82) is 0 Å². The van der Waals surface area contributed by atoms with Gasteiger partial charge in [0.1, 0.15) is 0 Å². The van der Waals surface area contributed by atoms with Gasteiger partial charge in [0.15, 0.2) is 5.96 Å². The standard InChI is InChI=1S/C21H31F3N4O/c1-16-5-3-4-6-18(16)20(8-11-29-12-9-20)14-26-19(25-2)27-17-7-10-28(13-17)15-21(22,23)24/h3-6,17H,7-15H2,1-2H3,(H2,25,26,27). The van der Waals surface area contributed by atoms with E-state index >= 15 is 0 Å². The Labute approximate surface area is 170 Å². The van der Waals surface area contributed by atoms with Gasteiger partial charge in [-0.3, -0.25) is 9.89 Å². The number of alkyl halides is 3. The van der Waals surface area contributed by atoms with Crippen LogP contribution in [-0.4, -0.2) is 69.5 Å². The Morgan fingerprint density at radius 3 is 2.66 bits per heavy atom. The molecule has 2 heterocycles. The monoisotopic (exact) mass is 412 g/mol. The quantitative estimate of drug-likeness (QED) is 0.577. The molecule has 2 saturated heterocycles. The number of nitrogens with zero attached hydrogens (tertiary/aromatic N) is 2. The van der Waals surface area contributed by atoms with E-state index in [4.69, 9.17) is 4.74 Å². The lowest BCUT2D eigenvalue weighted by molar-refractivity contribution is -0.143. The van der Waals surface area contributed by atoms with E-state index in [1.807, 2.05) is 6.07 Å². The van der Waals surface area contributed by atoms with E-state index in [1.165, 1.54) is 16.0 Å². The van der Waals surface area contributed by atoms with E-state index < -0.39 is 12.7 Å². The summed E-state index contributed by atoms with van der Waals surface area (Å²) in [6.07, 6.45) is -1.64. The smallest absolute Gasteiger partial charge is 0.381 e. The minimum absolute atomic E-state index is 0.0346. The first kappa shape index (κ1) is 21.9. The molecule has 5 nitrogen and oxygen atoms in total. The normalized spacial score (nSPS) is 23.2. The minimum Gasteiger partial charge on any atom is -0.381 e. The molecule has 0 radical (unpaired) electrons. The topological polar surface area (TPSA) is 48.9 Å². The Balaban J connectivity index is 1.61. The fourth-order valence-corrected chi connectivity index (χ4v) is 4.46. The van der Waals surface area contributed by atoms with Gasteiger partial charge in [-0.1, -0.05) is 24.3 Å². The van der Waals surface area contributed by atoms with Crippen molar-refractivity contribution >= 4 is 5.96 Å². The number of likely N-dealkylation sites (tertiary alicyclic amines) is 1. The lowest BCUT2D eigenvalue weighted by Gasteiger charge is -2.39. The lowest BCUT2D eigenvalue weighted by Crippen LogP contribution is -2.51.